The predicted molar refractivity (Wildman–Crippen MR) is 160 cm³/mol. The van der Waals surface area contributed by atoms with Gasteiger partial charge in [0.2, 0.25) is 6.41 Å². The number of hydrogen-bond donors (Lipinski definition) is 2. The number of nitrogens with one attached hydrogen (secondary N) is 1. The molecule has 0 saturated heterocycles. The third-order valence-corrected chi connectivity index (χ3v) is 7.85. The van der Waals surface area contributed by atoms with Crippen molar-refractivity contribution in [2.45, 2.75) is 24.3 Å². The van der Waals surface area contributed by atoms with Crippen LogP contribution in [0.15, 0.2) is 71.1 Å². The second-order valence-corrected chi connectivity index (χ2v) is 12.2. The van der Waals surface area contributed by atoms with E-state index in [9.17, 15) is 33.7 Å². The number of carbonyl (C=O) groups is 1. The molecule has 2 N–H and O–H groups in total. The van der Waals surface area contributed by atoms with Crippen LogP contribution >= 0.6 is 21.8 Å². The fourth-order valence-electron chi connectivity index (χ4n) is 4.53. The van der Waals surface area contributed by atoms with E-state index in [-0.39, 0.29) is 39.8 Å². The molecule has 1 aromatic heterocycles. The van der Waals surface area contributed by atoms with Gasteiger partial charge >= 0.3 is 10.2 Å². The Morgan fingerprint density at radius 2 is 1.86 bits per heavy atom. The first-order valence-corrected chi connectivity index (χ1v) is 15.1. The number of pyridine rings is 1. The molecule has 0 radical (unpaired) electrons. The molecule has 1 unspecified atom stereocenters. The number of aliphatic imine (C=N–C) groups is 1. The van der Waals surface area contributed by atoms with Crippen molar-refractivity contribution in [2.24, 2.45) is 4.99 Å². The second kappa shape index (κ2) is 12.1. The first-order chi connectivity index (χ1) is 20.0. The number of amides is 1. The minimum atomic E-state index is -10.4. The number of nitrogens with zero attached hydrogens (tertiary/aromatic N) is 4. The van der Waals surface area contributed by atoms with Crippen molar-refractivity contribution >= 4 is 45.6 Å². The Labute approximate surface area is 250 Å². The predicted octanol–water partition coefficient (Wildman–Crippen LogP) is 8.06. The minimum absolute atomic E-state index is 0.0926. The van der Waals surface area contributed by atoms with Crippen LogP contribution in [0.1, 0.15) is 18.9 Å². The van der Waals surface area contributed by atoms with Crippen molar-refractivity contribution in [1.29, 1.82) is 0 Å². The van der Waals surface area contributed by atoms with Crippen LogP contribution in [-0.4, -0.2) is 60.5 Å². The molecule has 0 aliphatic rings. The fraction of sp³-hybridized carbons (Fsp3) is 0.250. The van der Waals surface area contributed by atoms with E-state index < -0.39 is 49.4 Å². The molecule has 0 aliphatic heterocycles. The lowest BCUT2D eigenvalue weighted by Gasteiger charge is -2.42. The first kappa shape index (κ1) is 33.7. The Balaban J connectivity index is 2.47. The van der Waals surface area contributed by atoms with Gasteiger partial charge in [0.1, 0.15) is 22.3 Å². The number of likely N-dealkylation sites (N-methyl/N-ethyl adjacent to an activating group) is 1. The van der Waals surface area contributed by atoms with Crippen molar-refractivity contribution in [2.75, 3.05) is 32.1 Å². The van der Waals surface area contributed by atoms with Crippen LogP contribution in [0.3, 0.4) is 0 Å². The average Bonchev–Trinajstić information content (AvgIpc) is 2.92. The van der Waals surface area contributed by atoms with Crippen LogP contribution in [0.5, 0.6) is 5.75 Å². The maximum absolute atomic E-state index is 14.9. The van der Waals surface area contributed by atoms with E-state index in [1.807, 2.05) is 6.92 Å². The zero-order chi connectivity index (χ0) is 32.2. The smallest absolute Gasteiger partial charge is 0.312 e. The molecule has 0 saturated carbocycles. The summed E-state index contributed by atoms with van der Waals surface area (Å²) in [5.74, 6) is -2.13. The molecule has 0 bridgehead atoms. The Bertz CT molecular complexity index is 1540. The molecule has 43 heavy (non-hydrogen) atoms. The van der Waals surface area contributed by atoms with E-state index in [0.29, 0.717) is 25.6 Å². The molecule has 1 atom stereocenters. The van der Waals surface area contributed by atoms with Crippen LogP contribution in [0, 0.1) is 5.82 Å². The molecule has 3 rings (SSSR count). The maximum atomic E-state index is 14.9. The molecule has 0 spiro atoms. The number of amidine groups is 1. The number of para-hydroxylation sites is 1. The molecule has 3 aromatic rings. The Morgan fingerprint density at radius 3 is 2.42 bits per heavy atom. The summed E-state index contributed by atoms with van der Waals surface area (Å²) >= 11 is 6.53. The fourth-order valence-corrected chi connectivity index (χ4v) is 5.67. The van der Waals surface area contributed by atoms with E-state index >= 15 is 0 Å². The van der Waals surface area contributed by atoms with E-state index in [1.165, 1.54) is 19.2 Å². The zero-order valence-electron chi connectivity index (χ0n) is 23.4. The number of rotatable bonds is 12. The molecule has 0 fully saturated rings. The Hall–Kier alpha value is -3.75. The van der Waals surface area contributed by atoms with Crippen LogP contribution in [0.25, 0.3) is 11.3 Å². The summed E-state index contributed by atoms with van der Waals surface area (Å²) in [6.45, 7) is 6.25. The van der Waals surface area contributed by atoms with Crippen molar-refractivity contribution in [3.63, 3.8) is 0 Å². The molecule has 1 heterocycles. The van der Waals surface area contributed by atoms with Gasteiger partial charge in [0.25, 0.3) is 0 Å². The average molecular weight is 650 g/mol. The van der Waals surface area contributed by atoms with Gasteiger partial charge < -0.3 is 15.3 Å². The van der Waals surface area contributed by atoms with E-state index in [4.69, 9.17) is 11.6 Å². The van der Waals surface area contributed by atoms with Gasteiger partial charge in [-0.05, 0) is 50.7 Å². The number of aromatic hydroxyl groups is 1. The Kier molecular flexibility index (Phi) is 9.49. The van der Waals surface area contributed by atoms with Crippen molar-refractivity contribution in [3.8, 4) is 17.0 Å². The number of carbonyl (C=O) groups excluding carboxylic acids is 1. The monoisotopic (exact) mass is 649 g/mol. The molecule has 1 amide bonds. The molecule has 234 valence electrons. The third kappa shape index (κ3) is 7.43. The molecular weight excluding hydrogens is 620 g/mol. The van der Waals surface area contributed by atoms with Crippen molar-refractivity contribution < 1.29 is 33.7 Å². The normalized spacial score (nSPS) is 14.4. The van der Waals surface area contributed by atoms with E-state index in [2.05, 4.69) is 21.9 Å². The Morgan fingerprint density at radius 1 is 1.19 bits per heavy atom. The number of halogens is 7. The van der Waals surface area contributed by atoms with Gasteiger partial charge in [0.05, 0.1) is 27.5 Å². The number of phenols is 1. The number of phenolic OH excluding ortho intramolecular Hbond substituents is 1. The number of hydrogen-bond acceptors (Lipinski definition) is 5. The second-order valence-electron chi connectivity index (χ2n) is 9.46. The van der Waals surface area contributed by atoms with Gasteiger partial charge in [0.15, 0.2) is 5.82 Å². The summed E-state index contributed by atoms with van der Waals surface area (Å²) in [7, 11) is -7.29. The first-order valence-electron chi connectivity index (χ1n) is 12.7. The molecule has 2 aromatic carbocycles. The van der Waals surface area contributed by atoms with Crippen LogP contribution in [-0.2, 0) is 4.79 Å². The lowest BCUT2D eigenvalue weighted by Crippen LogP contribution is -2.45. The largest absolute Gasteiger partial charge is 0.507 e. The summed E-state index contributed by atoms with van der Waals surface area (Å²) in [4.78, 5) is 20.8. The van der Waals surface area contributed by atoms with Crippen molar-refractivity contribution in [1.82, 2.24) is 15.2 Å². The summed E-state index contributed by atoms with van der Waals surface area (Å²) < 4.78 is 85.9. The lowest BCUT2D eigenvalue weighted by molar-refractivity contribution is -0.106. The molecular formula is C28H30ClF6N5O2S. The van der Waals surface area contributed by atoms with Crippen molar-refractivity contribution in [3.05, 3.63) is 77.6 Å². The maximum Gasteiger partial charge on any atom is 0.312 e. The summed E-state index contributed by atoms with van der Waals surface area (Å²) in [6, 6.07) is 6.83. The zero-order valence-corrected chi connectivity index (χ0v) is 25.0. The molecule has 15 heteroatoms. The number of anilines is 2. The third-order valence-electron chi connectivity index (χ3n) is 6.39. The highest BCUT2D eigenvalue weighted by Gasteiger charge is 2.67. The quantitative estimate of drug-likeness (QED) is 0.0682. The highest BCUT2D eigenvalue weighted by Crippen LogP contribution is 3.03. The lowest BCUT2D eigenvalue weighted by atomic mass is 10.1. The van der Waals surface area contributed by atoms with Crippen LogP contribution < -0.4 is 10.2 Å². The molecule has 0 aliphatic carbocycles. The summed E-state index contributed by atoms with van der Waals surface area (Å²) in [5, 5.41) is 13.2. The summed E-state index contributed by atoms with van der Waals surface area (Å²) in [5.41, 5.74) is -2.32. The topological polar surface area (TPSA) is 81.1 Å². The van der Waals surface area contributed by atoms with Gasteiger partial charge in [-0.2, -0.15) is 0 Å². The van der Waals surface area contributed by atoms with E-state index in [1.54, 1.807) is 18.0 Å². The standard InChI is InChI=1S/C28H30ClF6N5O2S/c1-5-6-14-39(18(2)16-36-3)27(37-4)19-15-20(29)26(25-21(30)10-9-12-23(25)42)38-28(19)40(17-41)22-11-7-8-13-24(22)43(31,32,33,34)35/h5,7-13,15,17-18,36,42H,1,6,14,16H2,2-4H3. The van der Waals surface area contributed by atoms with Gasteiger partial charge in [-0.1, -0.05) is 55.3 Å². The molecule has 7 nitrogen and oxygen atoms in total. The van der Waals surface area contributed by atoms with Crippen LogP contribution in [0.2, 0.25) is 5.02 Å². The number of benzene rings is 2. The number of aromatic nitrogens is 1. The summed E-state index contributed by atoms with van der Waals surface area (Å²) in [6.07, 6.45) is 1.95. The highest BCUT2D eigenvalue weighted by molar-refractivity contribution is 8.45. The van der Waals surface area contributed by atoms with Gasteiger partial charge in [-0.3, -0.25) is 14.7 Å². The minimum Gasteiger partial charge on any atom is -0.507 e. The van der Waals surface area contributed by atoms with Crippen LogP contribution in [0.4, 0.5) is 35.3 Å². The van der Waals surface area contributed by atoms with Gasteiger partial charge in [-0.25, -0.2) is 9.37 Å². The van der Waals surface area contributed by atoms with E-state index in [0.717, 1.165) is 24.3 Å². The highest BCUT2D eigenvalue weighted by atomic mass is 35.5. The SMILES string of the molecule is C=CCCN(C(=NC)c1cc(Cl)c(-c2c(O)cccc2F)nc1N(C=O)c1ccccc1S(F)(F)(F)(F)F)C(C)CNC. The van der Waals surface area contributed by atoms with Gasteiger partial charge in [0, 0.05) is 26.2 Å². The van der Waals surface area contributed by atoms with Gasteiger partial charge in [-0.15, -0.1) is 6.58 Å².